The molecule has 0 atom stereocenters. The van der Waals surface area contributed by atoms with Crippen LogP contribution in [0.2, 0.25) is 0 Å². The Morgan fingerprint density at radius 1 is 0.333 bits per heavy atom. The summed E-state index contributed by atoms with van der Waals surface area (Å²) in [6.45, 7) is 0. The zero-order chi connectivity index (χ0) is 45.2. The van der Waals surface area contributed by atoms with E-state index < -0.39 is 101 Å². The van der Waals surface area contributed by atoms with E-state index in [1.165, 1.54) is 0 Å². The van der Waals surface area contributed by atoms with Gasteiger partial charge in [-0.1, -0.05) is 24.3 Å². The number of carbonyl (C=O) groups is 2. The molecule has 2 N–H and O–H groups in total. The highest BCUT2D eigenvalue weighted by Gasteiger charge is 2.93. The Bertz CT molecular complexity index is 1650. The molecule has 4 nitrogen and oxygen atoms in total. The number of hydrogen-bond donors (Lipinski definition) is 2. The van der Waals surface area contributed by atoms with Gasteiger partial charge in [-0.3, -0.25) is 9.59 Å². The monoisotopic (exact) mass is 890 g/mol. The summed E-state index contributed by atoms with van der Waals surface area (Å²) < 4.78 is 345. The van der Waals surface area contributed by atoms with Gasteiger partial charge in [0.05, 0.1) is 0 Å². The van der Waals surface area contributed by atoms with Crippen molar-refractivity contribution in [3.63, 3.8) is 0 Å². The second-order valence-electron chi connectivity index (χ2n) is 11.2. The molecule has 0 bridgehead atoms. The minimum atomic E-state index is -8.28. The van der Waals surface area contributed by atoms with Crippen molar-refractivity contribution in [2.75, 3.05) is 10.6 Å². The van der Waals surface area contributed by atoms with E-state index in [1.54, 1.807) is 0 Å². The second-order valence-corrected chi connectivity index (χ2v) is 11.2. The van der Waals surface area contributed by atoms with Crippen molar-refractivity contribution in [1.82, 2.24) is 0 Å². The summed E-state index contributed by atoms with van der Waals surface area (Å²) in [6, 6.07) is 4.73. The van der Waals surface area contributed by atoms with Crippen LogP contribution in [0.4, 0.5) is 126 Å². The Morgan fingerprint density at radius 3 is 0.754 bits per heavy atom. The molecule has 0 aliphatic heterocycles. The molecule has 0 saturated carbocycles. The number of hydrogen-bond acceptors (Lipinski definition) is 2. The highest BCUT2D eigenvalue weighted by atomic mass is 19.4. The molecule has 2 amide bonds. The highest BCUT2D eigenvalue weighted by Crippen LogP contribution is 2.62. The molecule has 0 heterocycles. The smallest absolute Gasteiger partial charge is 0.321 e. The number of alkyl halides is 26. The van der Waals surface area contributed by atoms with Crippen LogP contribution >= 0.6 is 0 Å². The topological polar surface area (TPSA) is 58.2 Å². The number of amides is 2. The van der Waals surface area contributed by atoms with Crippen LogP contribution in [0.15, 0.2) is 48.5 Å². The first-order chi connectivity index (χ1) is 24.9. The van der Waals surface area contributed by atoms with E-state index in [0.717, 1.165) is 34.9 Å². The number of carbonyl (C=O) groups excluding carboxylic acids is 2. The zero-order valence-electron chi connectivity index (χ0n) is 26.0. The van der Waals surface area contributed by atoms with Crippen LogP contribution < -0.4 is 10.6 Å². The summed E-state index contributed by atoms with van der Waals surface area (Å²) in [6.07, 6.45) is -15.9. The minimum absolute atomic E-state index is 0.104. The lowest BCUT2D eigenvalue weighted by Gasteiger charge is -2.39. The number of nitrogens with one attached hydrogen (secondary N) is 2. The summed E-state index contributed by atoms with van der Waals surface area (Å²) >= 11 is 0. The fraction of sp³-hybridized carbons (Fsp3) is 0.481. The normalized spacial score (nSPS) is 15.1. The van der Waals surface area contributed by atoms with Crippen molar-refractivity contribution in [3.8, 4) is 0 Å². The Hall–Kier alpha value is -4.44. The maximum Gasteiger partial charge on any atom is 0.460 e. The lowest BCUT2D eigenvalue weighted by atomic mass is 9.93. The van der Waals surface area contributed by atoms with Crippen molar-refractivity contribution in [1.29, 1.82) is 0 Å². The Balaban J connectivity index is 2.22. The Labute approximate surface area is 296 Å². The van der Waals surface area contributed by atoms with E-state index >= 15 is 0 Å². The molecule has 0 aliphatic rings. The summed E-state index contributed by atoms with van der Waals surface area (Å²) in [7, 11) is 0. The first-order valence-electron chi connectivity index (χ1n) is 13.7. The summed E-state index contributed by atoms with van der Waals surface area (Å²) in [4.78, 5) is 23.4. The predicted octanol–water partition coefficient (Wildman–Crippen LogP) is 10.6. The van der Waals surface area contributed by atoms with Crippen LogP contribution in [0.25, 0.3) is 0 Å². The molecule has 0 aliphatic carbocycles. The Kier molecular flexibility index (Phi) is 12.1. The third kappa shape index (κ3) is 7.54. The minimum Gasteiger partial charge on any atom is -0.321 e. The van der Waals surface area contributed by atoms with Gasteiger partial charge in [0.25, 0.3) is 0 Å². The third-order valence-electron chi connectivity index (χ3n) is 7.27. The molecule has 0 radical (unpaired) electrons. The van der Waals surface area contributed by atoms with Gasteiger partial charge < -0.3 is 10.6 Å². The first kappa shape index (κ1) is 48.7. The molecule has 2 aromatic carbocycles. The van der Waals surface area contributed by atoms with Gasteiger partial charge in [-0.05, 0) is 41.8 Å². The van der Waals surface area contributed by atoms with E-state index in [1.807, 2.05) is 0 Å². The molecule has 0 unspecified atom stereocenters. The number of benzene rings is 2. The van der Waals surface area contributed by atoms with Gasteiger partial charge in [0, 0.05) is 11.4 Å². The molecule has 0 spiro atoms. The molecule has 57 heavy (non-hydrogen) atoms. The van der Waals surface area contributed by atoms with Gasteiger partial charge in [-0.15, -0.1) is 0 Å². The van der Waals surface area contributed by atoms with E-state index in [2.05, 4.69) is 0 Å². The summed E-state index contributed by atoms with van der Waals surface area (Å²) in [5.41, 5.74) is -2.41. The number of anilines is 2. The molecule has 30 heteroatoms. The fourth-order valence-corrected chi connectivity index (χ4v) is 3.89. The maximum absolute atomic E-state index is 14.0. The average Bonchev–Trinajstić information content (AvgIpc) is 3.04. The number of rotatable bonds is 14. The molecular weight excluding hydrogens is 878 g/mol. The van der Waals surface area contributed by atoms with Gasteiger partial charge in [0.1, 0.15) is 0 Å². The van der Waals surface area contributed by atoms with Gasteiger partial charge in [-0.25, -0.2) is 0 Å². The van der Waals surface area contributed by atoms with Gasteiger partial charge in [0.2, 0.25) is 0 Å². The predicted molar refractivity (Wildman–Crippen MR) is 135 cm³/mol. The molecule has 324 valence electrons. The molecule has 0 fully saturated rings. The Morgan fingerprint density at radius 2 is 0.544 bits per heavy atom. The van der Waals surface area contributed by atoms with E-state index in [-0.39, 0.29) is 11.1 Å². The molecule has 0 saturated heterocycles. The van der Waals surface area contributed by atoms with Gasteiger partial charge in [-0.2, -0.15) is 114 Å². The lowest BCUT2D eigenvalue weighted by Crippen LogP contribution is -2.71. The van der Waals surface area contributed by atoms with Crippen molar-refractivity contribution in [2.45, 2.75) is 78.0 Å². The van der Waals surface area contributed by atoms with Crippen LogP contribution in [-0.2, 0) is 16.0 Å². The number of halogens is 26. The molecule has 2 aromatic rings. The summed E-state index contributed by atoms with van der Waals surface area (Å²) in [5, 5.41) is 1.53. The van der Waals surface area contributed by atoms with E-state index in [9.17, 15) is 124 Å². The average molecular weight is 890 g/mol. The summed E-state index contributed by atoms with van der Waals surface area (Å²) in [5.74, 6) is -86.7. The highest BCUT2D eigenvalue weighted by molar-refractivity contribution is 5.97. The van der Waals surface area contributed by atoms with E-state index in [0.29, 0.717) is 24.3 Å². The first-order valence-corrected chi connectivity index (χ1v) is 13.7. The fourth-order valence-electron chi connectivity index (χ4n) is 3.89. The van der Waals surface area contributed by atoms with Crippen LogP contribution in [-0.4, -0.2) is 83.4 Å². The quantitative estimate of drug-likeness (QED) is 0.186. The van der Waals surface area contributed by atoms with Crippen LogP contribution in [0.1, 0.15) is 11.1 Å². The largest absolute Gasteiger partial charge is 0.460 e. The molecule has 2 rings (SSSR count). The van der Waals surface area contributed by atoms with Crippen molar-refractivity contribution < 1.29 is 124 Å². The molecular formula is C27H12F26N2O2. The van der Waals surface area contributed by atoms with Crippen molar-refractivity contribution in [3.05, 3.63) is 59.7 Å². The standard InChI is InChI=1S/C27H12F26N2O2/c28-16(29,18(32,33)20(36,37)22(40,41)24(44,45)26(48,49)50)14(56)54-12-5-1-10(2-6-12)9-11-3-7-13(8-4-11)55-15(57)17(30,31)19(34,35)21(38,39)23(42,43)25(46,47)27(51,52)53/h1-8H,9H2,(H,54,56)(H,55,57). The van der Waals surface area contributed by atoms with Crippen LogP contribution in [0.3, 0.4) is 0 Å². The van der Waals surface area contributed by atoms with Gasteiger partial charge >= 0.3 is 83.4 Å². The third-order valence-corrected chi connectivity index (χ3v) is 7.27. The van der Waals surface area contributed by atoms with Crippen LogP contribution in [0.5, 0.6) is 0 Å². The SMILES string of the molecule is O=C(Nc1ccc(Cc2ccc(NC(=O)C(F)(F)C(F)(F)C(F)(F)C(F)(F)C(F)(F)C(F)(F)F)cc2)cc1)C(F)(F)C(F)(F)C(F)(F)C(F)(F)C(F)(F)C(F)(F)F. The van der Waals surface area contributed by atoms with Gasteiger partial charge in [0.15, 0.2) is 0 Å². The van der Waals surface area contributed by atoms with Crippen molar-refractivity contribution >= 4 is 23.2 Å². The lowest BCUT2D eigenvalue weighted by molar-refractivity contribution is -0.436. The van der Waals surface area contributed by atoms with Crippen LogP contribution in [0, 0.1) is 0 Å². The van der Waals surface area contributed by atoms with Crippen molar-refractivity contribution in [2.24, 2.45) is 0 Å². The van der Waals surface area contributed by atoms with E-state index in [4.69, 9.17) is 0 Å². The maximum atomic E-state index is 14.0. The molecule has 0 aromatic heterocycles. The second kappa shape index (κ2) is 14.1. The zero-order valence-corrected chi connectivity index (χ0v) is 26.0.